The fraction of sp³-hybridized carbons (Fsp3) is 0.250. The van der Waals surface area contributed by atoms with E-state index in [-0.39, 0.29) is 17.5 Å². The molecule has 4 saturated carbocycles. The molecule has 0 radical (unpaired) electrons. The predicted molar refractivity (Wildman–Crippen MR) is 244 cm³/mol. The van der Waals surface area contributed by atoms with E-state index >= 15 is 0 Å². The Balaban J connectivity index is 0.939. The van der Waals surface area contributed by atoms with Crippen molar-refractivity contribution in [1.29, 1.82) is 0 Å². The van der Waals surface area contributed by atoms with Gasteiger partial charge in [0.1, 0.15) is 0 Å². The summed E-state index contributed by atoms with van der Waals surface area (Å²) in [6, 6.07) is 59.6. The minimum Gasteiger partial charge on any atom is -0.311 e. The lowest BCUT2D eigenvalue weighted by Gasteiger charge is -2.44. The summed E-state index contributed by atoms with van der Waals surface area (Å²) < 4.78 is 0. The Morgan fingerprint density at radius 2 is 0.847 bits per heavy atom. The molecule has 59 heavy (non-hydrogen) atoms. The van der Waals surface area contributed by atoms with Gasteiger partial charge in [-0.2, -0.15) is 0 Å². The zero-order chi connectivity index (χ0) is 38.2. The monoisotopic (exact) mass is 756 g/mol. The van der Waals surface area contributed by atoms with Crippen LogP contribution in [0.2, 0.25) is 0 Å². The van der Waals surface area contributed by atoms with Crippen molar-refractivity contribution in [2.24, 2.45) is 23.7 Å². The Kier molecular flexibility index (Phi) is 6.02. The predicted octanol–water partition coefficient (Wildman–Crippen LogP) is 11.9. The molecular formula is C56H45BN2. The largest absolute Gasteiger partial charge is 0.311 e. The molecule has 0 amide bonds. The summed E-state index contributed by atoms with van der Waals surface area (Å²) in [4.78, 5) is 5.26. The molecule has 7 aromatic carbocycles. The number of nitrogens with zero attached hydrogens (tertiary/aromatic N) is 2. The molecule has 2 nitrogen and oxygen atoms in total. The Bertz CT molecular complexity index is 2800. The molecule has 7 aromatic rings. The lowest BCUT2D eigenvalue weighted by Crippen LogP contribution is -2.61. The van der Waals surface area contributed by atoms with Crippen LogP contribution in [0.4, 0.5) is 34.1 Å². The van der Waals surface area contributed by atoms with E-state index in [1.165, 1.54) is 124 Å². The Hall–Kier alpha value is -5.80. The maximum absolute atomic E-state index is 2.63. The van der Waals surface area contributed by atoms with E-state index in [4.69, 9.17) is 0 Å². The van der Waals surface area contributed by atoms with Crippen LogP contribution in [-0.2, 0) is 10.8 Å². The summed E-state index contributed by atoms with van der Waals surface area (Å²) in [5.41, 5.74) is 24.5. The van der Waals surface area contributed by atoms with Crippen molar-refractivity contribution in [3.63, 3.8) is 0 Å². The zero-order valence-electron chi connectivity index (χ0n) is 33.4. The number of rotatable bonds is 2. The fourth-order valence-corrected chi connectivity index (χ4v) is 15.4. The molecule has 6 atom stereocenters. The smallest absolute Gasteiger partial charge is 0.252 e. The van der Waals surface area contributed by atoms with Crippen molar-refractivity contribution in [3.8, 4) is 22.3 Å². The van der Waals surface area contributed by atoms with E-state index in [0.717, 1.165) is 23.7 Å². The zero-order valence-corrected chi connectivity index (χ0v) is 33.4. The van der Waals surface area contributed by atoms with Gasteiger partial charge in [-0.3, -0.25) is 0 Å². The van der Waals surface area contributed by atoms with Crippen LogP contribution < -0.4 is 26.2 Å². The van der Waals surface area contributed by atoms with Gasteiger partial charge in [-0.05, 0) is 172 Å². The number of fused-ring (bicyclic) bond motifs is 20. The highest BCUT2D eigenvalue weighted by Gasteiger charge is 2.58. The van der Waals surface area contributed by atoms with E-state index in [1.54, 1.807) is 22.3 Å². The average Bonchev–Trinajstić information content (AvgIpc) is 4.17. The third kappa shape index (κ3) is 3.80. The van der Waals surface area contributed by atoms with Crippen LogP contribution in [-0.4, -0.2) is 6.71 Å². The molecule has 2 heterocycles. The van der Waals surface area contributed by atoms with Crippen molar-refractivity contribution >= 4 is 57.2 Å². The quantitative estimate of drug-likeness (QED) is 0.162. The molecule has 2 aliphatic heterocycles. The van der Waals surface area contributed by atoms with Crippen LogP contribution >= 0.6 is 0 Å². The maximum atomic E-state index is 2.63. The molecule has 3 heteroatoms. The van der Waals surface area contributed by atoms with E-state index < -0.39 is 0 Å². The first kappa shape index (κ1) is 32.1. The van der Waals surface area contributed by atoms with Gasteiger partial charge in [0.25, 0.3) is 6.71 Å². The van der Waals surface area contributed by atoms with Crippen molar-refractivity contribution in [3.05, 3.63) is 174 Å². The second-order valence-corrected chi connectivity index (χ2v) is 19.6. The minimum atomic E-state index is 0.137. The van der Waals surface area contributed by atoms with E-state index in [2.05, 4.69) is 161 Å². The molecule has 2 spiro atoms. The molecule has 0 aromatic heterocycles. The third-order valence-electron chi connectivity index (χ3n) is 17.4. The first-order chi connectivity index (χ1) is 29.2. The third-order valence-corrected chi connectivity index (χ3v) is 17.4. The first-order valence-electron chi connectivity index (χ1n) is 22.6. The molecule has 6 aliphatic carbocycles. The van der Waals surface area contributed by atoms with Crippen LogP contribution in [0.3, 0.4) is 0 Å². The number of benzene rings is 7. The van der Waals surface area contributed by atoms with Gasteiger partial charge in [0, 0.05) is 45.0 Å². The van der Waals surface area contributed by atoms with Crippen LogP contribution in [0, 0.1) is 23.7 Å². The van der Waals surface area contributed by atoms with Gasteiger partial charge in [0.15, 0.2) is 0 Å². The van der Waals surface area contributed by atoms with Gasteiger partial charge in [0.05, 0.1) is 0 Å². The topological polar surface area (TPSA) is 6.48 Å². The molecular weight excluding hydrogens is 711 g/mol. The molecule has 8 aliphatic rings. The molecule has 15 rings (SSSR count). The molecule has 0 saturated heterocycles. The van der Waals surface area contributed by atoms with Crippen molar-refractivity contribution in [2.45, 2.75) is 62.2 Å². The fourth-order valence-electron chi connectivity index (χ4n) is 15.4. The summed E-state index contributed by atoms with van der Waals surface area (Å²) in [7, 11) is 0. The minimum absolute atomic E-state index is 0.137. The summed E-state index contributed by atoms with van der Waals surface area (Å²) in [6.07, 6.45) is 10.9. The van der Waals surface area contributed by atoms with Gasteiger partial charge in [-0.25, -0.2) is 0 Å². The van der Waals surface area contributed by atoms with Gasteiger partial charge in [-0.15, -0.1) is 0 Å². The standard InChI is InChI=1S/C56H45BN2/c1-3-12-44-40(10-1)42-26-24-38(30-46(42)55(44)32-34-20-22-36(55)28-34)58-50-16-7-5-14-48(50)57-49-15-6-8-17-51(49)59(53-19-9-18-52(58)54(53)57)39-25-27-43-41-11-2-4-13-45(41)56(47(43)31-39)33-35-21-23-37(56)29-35/h1-19,24-27,30-31,34-37H,20-23,28-29,32-33H2/t34-,35-,36+,37+,55+,56+/m0/s1. The summed E-state index contributed by atoms with van der Waals surface area (Å²) in [5, 5.41) is 0. The Morgan fingerprint density at radius 1 is 0.407 bits per heavy atom. The van der Waals surface area contributed by atoms with Crippen molar-refractivity contribution < 1.29 is 0 Å². The highest BCUT2D eigenvalue weighted by atomic mass is 15.2. The highest BCUT2D eigenvalue weighted by Crippen LogP contribution is 2.67. The van der Waals surface area contributed by atoms with Crippen LogP contribution in [0.25, 0.3) is 22.3 Å². The van der Waals surface area contributed by atoms with Crippen molar-refractivity contribution in [1.82, 2.24) is 0 Å². The lowest BCUT2D eigenvalue weighted by molar-refractivity contribution is 0.327. The molecule has 0 N–H and O–H groups in total. The van der Waals surface area contributed by atoms with Crippen LogP contribution in [0.5, 0.6) is 0 Å². The normalized spacial score (nSPS) is 27.5. The molecule has 4 bridgehead atoms. The average molecular weight is 757 g/mol. The lowest BCUT2D eigenvalue weighted by atomic mass is 9.33. The molecule has 282 valence electrons. The van der Waals surface area contributed by atoms with Crippen LogP contribution in [0.1, 0.15) is 73.6 Å². The number of para-hydroxylation sites is 2. The van der Waals surface area contributed by atoms with Gasteiger partial charge in [-0.1, -0.05) is 116 Å². The second-order valence-electron chi connectivity index (χ2n) is 19.6. The van der Waals surface area contributed by atoms with Gasteiger partial charge >= 0.3 is 0 Å². The maximum Gasteiger partial charge on any atom is 0.252 e. The summed E-state index contributed by atoms with van der Waals surface area (Å²) >= 11 is 0. The van der Waals surface area contributed by atoms with Crippen LogP contribution in [0.15, 0.2) is 152 Å². The summed E-state index contributed by atoms with van der Waals surface area (Å²) in [5.74, 6) is 3.16. The van der Waals surface area contributed by atoms with E-state index in [1.807, 2.05) is 0 Å². The van der Waals surface area contributed by atoms with E-state index in [9.17, 15) is 0 Å². The number of anilines is 6. The molecule has 0 unspecified atom stereocenters. The SMILES string of the molecule is c1ccc2c(c1)B1c3ccccc3N(c3ccc4c(c3)[C@@]3(C[C@H]5CC[C@@H]3C5)c3ccccc3-4)c3cccc(c31)N2c1ccc2c(c1)[C@@]1(C[C@H]3CC[C@@H]1C3)c1ccccc1-2. The Labute approximate surface area is 347 Å². The molecule has 4 fully saturated rings. The van der Waals surface area contributed by atoms with Gasteiger partial charge < -0.3 is 9.80 Å². The Morgan fingerprint density at radius 3 is 1.32 bits per heavy atom. The summed E-state index contributed by atoms with van der Waals surface area (Å²) in [6.45, 7) is 0.146. The number of hydrogen-bond acceptors (Lipinski definition) is 2. The van der Waals surface area contributed by atoms with Crippen molar-refractivity contribution in [2.75, 3.05) is 9.80 Å². The van der Waals surface area contributed by atoms with Gasteiger partial charge in [0.2, 0.25) is 0 Å². The number of hydrogen-bond donors (Lipinski definition) is 0. The van der Waals surface area contributed by atoms with E-state index in [0.29, 0.717) is 0 Å². The first-order valence-corrected chi connectivity index (χ1v) is 22.6. The second kappa shape index (κ2) is 11.1. The highest BCUT2D eigenvalue weighted by molar-refractivity contribution is 7.00.